The first kappa shape index (κ1) is 21.2. The van der Waals surface area contributed by atoms with Gasteiger partial charge in [0, 0.05) is 12.1 Å². The molecule has 1 heterocycles. The number of allylic oxidation sites excluding steroid dienone is 2. The molecule has 4 aliphatic rings. The van der Waals surface area contributed by atoms with Crippen LogP contribution in [0.1, 0.15) is 18.4 Å². The molecule has 0 aromatic heterocycles. The molecule has 2 bridgehead atoms. The Hall–Kier alpha value is -3.61. The van der Waals surface area contributed by atoms with Gasteiger partial charge in [0.15, 0.2) is 0 Å². The minimum Gasteiger partial charge on any atom is -0.497 e. The number of fused-ring (bicyclic) bond motifs is 1. The van der Waals surface area contributed by atoms with Crippen molar-refractivity contribution in [3.8, 4) is 5.75 Å². The van der Waals surface area contributed by atoms with Crippen LogP contribution in [-0.4, -0.2) is 36.0 Å². The quantitative estimate of drug-likeness (QED) is 0.526. The number of carbonyl (C=O) groups excluding carboxylic acids is 3. The van der Waals surface area contributed by atoms with Gasteiger partial charge >= 0.3 is 6.03 Å². The zero-order chi connectivity index (χ0) is 22.9. The third-order valence-electron chi connectivity index (χ3n) is 7.02. The van der Waals surface area contributed by atoms with Crippen molar-refractivity contribution in [3.05, 3.63) is 72.3 Å². The molecule has 1 aliphatic heterocycles. The second-order valence-electron chi connectivity index (χ2n) is 8.92. The van der Waals surface area contributed by atoms with Gasteiger partial charge in [-0.2, -0.15) is 0 Å². The van der Waals surface area contributed by atoms with Crippen LogP contribution in [-0.2, 0) is 16.0 Å². The number of anilines is 1. The van der Waals surface area contributed by atoms with Crippen molar-refractivity contribution in [2.45, 2.75) is 25.4 Å². The number of urea groups is 1. The summed E-state index contributed by atoms with van der Waals surface area (Å²) in [5, 5.41) is 5.68. The largest absolute Gasteiger partial charge is 0.497 e. The average Bonchev–Trinajstić information content (AvgIpc) is 3.13. The third kappa shape index (κ3) is 3.99. The van der Waals surface area contributed by atoms with Crippen LogP contribution in [0.25, 0.3) is 0 Å². The van der Waals surface area contributed by atoms with Crippen LogP contribution in [0.2, 0.25) is 0 Å². The van der Waals surface area contributed by atoms with Crippen molar-refractivity contribution in [3.63, 3.8) is 0 Å². The fraction of sp³-hybridized carbons (Fsp3) is 0.346. The van der Waals surface area contributed by atoms with E-state index in [1.807, 2.05) is 30.3 Å². The topological polar surface area (TPSA) is 87.7 Å². The normalized spacial score (nSPS) is 26.2. The molecule has 2 N–H and O–H groups in total. The van der Waals surface area contributed by atoms with E-state index in [1.165, 1.54) is 4.90 Å². The van der Waals surface area contributed by atoms with Gasteiger partial charge in [-0.05, 0) is 54.5 Å². The molecule has 7 nitrogen and oxygen atoms in total. The SMILES string of the molecule is COc1ccc(NC(=O)NC(Cc2ccccc2)N2C(=O)C3C4C=CC(CC4)C3C2=O)cc1. The van der Waals surface area contributed by atoms with Crippen LogP contribution in [0.15, 0.2) is 66.7 Å². The van der Waals surface area contributed by atoms with Gasteiger partial charge in [0.25, 0.3) is 0 Å². The van der Waals surface area contributed by atoms with Crippen LogP contribution in [0.5, 0.6) is 5.75 Å². The highest BCUT2D eigenvalue weighted by molar-refractivity contribution is 6.06. The van der Waals surface area contributed by atoms with E-state index in [4.69, 9.17) is 4.74 Å². The maximum Gasteiger partial charge on any atom is 0.320 e. The molecule has 6 rings (SSSR count). The number of methoxy groups -OCH3 is 1. The van der Waals surface area contributed by atoms with Gasteiger partial charge in [-0.15, -0.1) is 0 Å². The number of carbonyl (C=O) groups is 3. The van der Waals surface area contributed by atoms with Crippen molar-refractivity contribution in [2.24, 2.45) is 23.7 Å². The lowest BCUT2D eigenvalue weighted by Crippen LogP contribution is -2.53. The molecule has 0 radical (unpaired) electrons. The fourth-order valence-corrected chi connectivity index (χ4v) is 5.44. The molecule has 1 saturated heterocycles. The van der Waals surface area contributed by atoms with Crippen molar-refractivity contribution < 1.29 is 19.1 Å². The summed E-state index contributed by atoms with van der Waals surface area (Å²) >= 11 is 0. The zero-order valence-electron chi connectivity index (χ0n) is 18.4. The van der Waals surface area contributed by atoms with Gasteiger partial charge in [-0.25, -0.2) is 4.79 Å². The van der Waals surface area contributed by atoms with Crippen LogP contribution in [0, 0.1) is 23.7 Å². The highest BCUT2D eigenvalue weighted by Gasteiger charge is 2.58. The van der Waals surface area contributed by atoms with Gasteiger partial charge < -0.3 is 15.4 Å². The summed E-state index contributed by atoms with van der Waals surface area (Å²) in [7, 11) is 1.58. The van der Waals surface area contributed by atoms with E-state index in [0.29, 0.717) is 17.9 Å². The number of benzene rings is 2. The molecule has 5 atom stereocenters. The van der Waals surface area contributed by atoms with Crippen molar-refractivity contribution in [1.82, 2.24) is 10.2 Å². The minimum absolute atomic E-state index is 0.104. The Morgan fingerprint density at radius 2 is 1.58 bits per heavy atom. The molecule has 7 heteroatoms. The van der Waals surface area contributed by atoms with Crippen molar-refractivity contribution >= 4 is 23.5 Å². The van der Waals surface area contributed by atoms with E-state index in [1.54, 1.807) is 31.4 Å². The fourth-order valence-electron chi connectivity index (χ4n) is 5.44. The van der Waals surface area contributed by atoms with Gasteiger partial charge in [0.05, 0.1) is 18.9 Å². The first-order valence-corrected chi connectivity index (χ1v) is 11.4. The van der Waals surface area contributed by atoms with E-state index in [2.05, 4.69) is 22.8 Å². The summed E-state index contributed by atoms with van der Waals surface area (Å²) < 4.78 is 5.15. The summed E-state index contributed by atoms with van der Waals surface area (Å²) in [6, 6.07) is 16.1. The van der Waals surface area contributed by atoms with Crippen LogP contribution in [0.4, 0.5) is 10.5 Å². The minimum atomic E-state index is -0.768. The van der Waals surface area contributed by atoms with Crippen molar-refractivity contribution in [2.75, 3.05) is 12.4 Å². The van der Waals surface area contributed by atoms with Crippen LogP contribution < -0.4 is 15.4 Å². The standard InChI is InChI=1S/C26H27N3O4/c1-33-20-13-11-19(12-14-20)27-26(32)28-21(15-16-5-3-2-4-6-16)29-24(30)22-17-7-8-18(10-9-17)23(22)25(29)31/h2-8,11-14,17-18,21-23H,9-10,15H2,1H3,(H2,27,28,32). The van der Waals surface area contributed by atoms with E-state index in [9.17, 15) is 14.4 Å². The molecule has 170 valence electrons. The summed E-state index contributed by atoms with van der Waals surface area (Å²) in [6.45, 7) is 0. The number of nitrogens with zero attached hydrogens (tertiary/aromatic N) is 1. The van der Waals surface area contributed by atoms with Gasteiger partial charge in [0.2, 0.25) is 11.8 Å². The number of hydrogen-bond donors (Lipinski definition) is 2. The van der Waals surface area contributed by atoms with E-state index in [-0.39, 0.29) is 35.5 Å². The van der Waals surface area contributed by atoms with E-state index >= 15 is 0 Å². The predicted molar refractivity (Wildman–Crippen MR) is 123 cm³/mol. The molecule has 3 aliphatic carbocycles. The highest BCUT2D eigenvalue weighted by Crippen LogP contribution is 2.50. The number of hydrogen-bond acceptors (Lipinski definition) is 4. The van der Waals surface area contributed by atoms with Gasteiger partial charge in [-0.1, -0.05) is 42.5 Å². The van der Waals surface area contributed by atoms with E-state index < -0.39 is 12.2 Å². The zero-order valence-corrected chi connectivity index (χ0v) is 18.4. The summed E-state index contributed by atoms with van der Waals surface area (Å²) in [5.74, 6) is -0.0812. The Morgan fingerprint density at radius 3 is 2.12 bits per heavy atom. The molecule has 0 spiro atoms. The Kier molecular flexibility index (Phi) is 5.62. The average molecular weight is 446 g/mol. The maximum atomic E-state index is 13.5. The molecule has 1 saturated carbocycles. The maximum absolute atomic E-state index is 13.5. The van der Waals surface area contributed by atoms with Crippen molar-refractivity contribution in [1.29, 1.82) is 0 Å². The predicted octanol–water partition coefficient (Wildman–Crippen LogP) is 3.58. The Labute approximate surface area is 192 Å². The first-order valence-electron chi connectivity index (χ1n) is 11.4. The lowest BCUT2D eigenvalue weighted by Gasteiger charge is -2.38. The summed E-state index contributed by atoms with van der Waals surface area (Å²) in [5.41, 5.74) is 1.52. The molecule has 4 amide bonds. The Balaban J connectivity index is 1.38. The number of ether oxygens (including phenoxy) is 1. The molecule has 5 unspecified atom stereocenters. The van der Waals surface area contributed by atoms with Gasteiger partial charge in [0.1, 0.15) is 11.9 Å². The summed E-state index contributed by atoms with van der Waals surface area (Å²) in [4.78, 5) is 41.1. The summed E-state index contributed by atoms with van der Waals surface area (Å²) in [6.07, 6.45) is 5.64. The third-order valence-corrected chi connectivity index (χ3v) is 7.02. The number of amides is 4. The number of imide groups is 1. The second kappa shape index (κ2) is 8.73. The Morgan fingerprint density at radius 1 is 0.970 bits per heavy atom. The molecule has 2 aromatic carbocycles. The lowest BCUT2D eigenvalue weighted by atomic mass is 9.63. The molecular weight excluding hydrogens is 418 g/mol. The number of likely N-dealkylation sites (tertiary alicyclic amines) is 1. The second-order valence-corrected chi connectivity index (χ2v) is 8.92. The van der Waals surface area contributed by atoms with Gasteiger partial charge in [-0.3, -0.25) is 14.5 Å². The van der Waals surface area contributed by atoms with Crippen LogP contribution >= 0.6 is 0 Å². The molecule has 33 heavy (non-hydrogen) atoms. The molecular formula is C26H27N3O4. The highest BCUT2D eigenvalue weighted by atomic mass is 16.5. The smallest absolute Gasteiger partial charge is 0.320 e. The number of nitrogens with one attached hydrogen (secondary N) is 2. The molecule has 2 fully saturated rings. The molecule has 2 aromatic rings. The monoisotopic (exact) mass is 445 g/mol. The lowest BCUT2D eigenvalue weighted by molar-refractivity contribution is -0.143. The first-order chi connectivity index (χ1) is 16.0. The number of rotatable bonds is 6. The van der Waals surface area contributed by atoms with E-state index in [0.717, 1.165) is 18.4 Å². The Bertz CT molecular complexity index is 1050. The van der Waals surface area contributed by atoms with Crippen LogP contribution in [0.3, 0.4) is 0 Å².